The molecule has 0 bridgehead atoms. The second-order valence-corrected chi connectivity index (χ2v) is 8.62. The Morgan fingerprint density at radius 2 is 1.81 bits per heavy atom. The highest BCUT2D eigenvalue weighted by molar-refractivity contribution is 5.98. The number of para-hydroxylation sites is 1. The fourth-order valence-electron chi connectivity index (χ4n) is 5.11. The molecule has 0 amide bonds. The first-order valence-electron chi connectivity index (χ1n) is 11.2. The average Bonchev–Trinajstić information content (AvgIpc) is 3.42. The van der Waals surface area contributed by atoms with Gasteiger partial charge in [-0.25, -0.2) is 14.4 Å². The number of rotatable bonds is 3. The summed E-state index contributed by atoms with van der Waals surface area (Å²) in [7, 11) is 0. The van der Waals surface area contributed by atoms with Gasteiger partial charge in [-0.1, -0.05) is 55.7 Å². The van der Waals surface area contributed by atoms with E-state index in [1.807, 2.05) is 30.5 Å². The zero-order valence-corrected chi connectivity index (χ0v) is 17.7. The van der Waals surface area contributed by atoms with Gasteiger partial charge in [-0.15, -0.1) is 0 Å². The van der Waals surface area contributed by atoms with Crippen LogP contribution in [0.15, 0.2) is 60.9 Å². The maximum atomic E-state index is 14.5. The lowest BCUT2D eigenvalue weighted by atomic mass is 9.89. The van der Waals surface area contributed by atoms with Crippen LogP contribution in [-0.2, 0) is 0 Å². The van der Waals surface area contributed by atoms with Crippen LogP contribution >= 0.6 is 0 Å². The SMILES string of the molecule is Nc1nccn2c(C3CCCCC3)nc(-c3cc4cccc(-c5ccccc5F)c4[nH]3)c12. The molecule has 5 nitrogen and oxygen atoms in total. The Morgan fingerprint density at radius 3 is 2.66 bits per heavy atom. The second kappa shape index (κ2) is 7.48. The lowest BCUT2D eigenvalue weighted by Crippen LogP contribution is -2.09. The Bertz CT molecular complexity index is 1440. The van der Waals surface area contributed by atoms with E-state index in [0.717, 1.165) is 52.0 Å². The van der Waals surface area contributed by atoms with Gasteiger partial charge in [-0.05, 0) is 25.0 Å². The van der Waals surface area contributed by atoms with Crippen LogP contribution in [0.25, 0.3) is 38.9 Å². The number of nitrogen functional groups attached to an aromatic ring is 1. The fourth-order valence-corrected chi connectivity index (χ4v) is 5.11. The van der Waals surface area contributed by atoms with E-state index in [1.54, 1.807) is 18.3 Å². The fraction of sp³-hybridized carbons (Fsp3) is 0.231. The van der Waals surface area contributed by atoms with Crippen molar-refractivity contribution in [2.45, 2.75) is 38.0 Å². The number of halogens is 1. The number of nitrogens with two attached hydrogens (primary N) is 1. The molecule has 6 rings (SSSR count). The van der Waals surface area contributed by atoms with Gasteiger partial charge in [0.15, 0.2) is 0 Å². The number of aromatic nitrogens is 4. The molecule has 2 aromatic carbocycles. The zero-order chi connectivity index (χ0) is 21.7. The van der Waals surface area contributed by atoms with Gasteiger partial charge >= 0.3 is 0 Å². The van der Waals surface area contributed by atoms with Crippen molar-refractivity contribution in [3.05, 3.63) is 72.6 Å². The molecule has 32 heavy (non-hydrogen) atoms. The third-order valence-electron chi connectivity index (χ3n) is 6.66. The Morgan fingerprint density at radius 1 is 1.00 bits per heavy atom. The first-order valence-corrected chi connectivity index (χ1v) is 11.2. The van der Waals surface area contributed by atoms with Gasteiger partial charge < -0.3 is 10.7 Å². The molecule has 3 heterocycles. The van der Waals surface area contributed by atoms with Crippen molar-refractivity contribution in [3.63, 3.8) is 0 Å². The maximum Gasteiger partial charge on any atom is 0.150 e. The third kappa shape index (κ3) is 2.98. The molecule has 1 aliphatic rings. The summed E-state index contributed by atoms with van der Waals surface area (Å²) >= 11 is 0. The number of anilines is 1. The number of hydrogen-bond acceptors (Lipinski definition) is 3. The van der Waals surface area contributed by atoms with Crippen LogP contribution in [0, 0.1) is 5.82 Å². The Balaban J connectivity index is 1.56. The minimum atomic E-state index is -0.239. The van der Waals surface area contributed by atoms with Gasteiger partial charge in [-0.2, -0.15) is 0 Å². The van der Waals surface area contributed by atoms with Crippen LogP contribution in [-0.4, -0.2) is 19.4 Å². The minimum absolute atomic E-state index is 0.239. The highest BCUT2D eigenvalue weighted by Gasteiger charge is 2.25. The van der Waals surface area contributed by atoms with Crippen molar-refractivity contribution in [2.75, 3.05) is 5.73 Å². The van der Waals surface area contributed by atoms with Crippen molar-refractivity contribution >= 4 is 22.2 Å². The molecule has 0 spiro atoms. The molecule has 5 aromatic rings. The van der Waals surface area contributed by atoms with E-state index >= 15 is 0 Å². The average molecular weight is 426 g/mol. The predicted octanol–water partition coefficient (Wildman–Crippen LogP) is 6.31. The van der Waals surface area contributed by atoms with E-state index in [-0.39, 0.29) is 5.82 Å². The summed E-state index contributed by atoms with van der Waals surface area (Å²) in [6, 6.07) is 14.8. The molecule has 0 saturated heterocycles. The highest BCUT2D eigenvalue weighted by Crippen LogP contribution is 2.38. The normalized spacial score (nSPS) is 15.0. The number of imidazole rings is 1. The van der Waals surface area contributed by atoms with E-state index in [9.17, 15) is 4.39 Å². The number of benzene rings is 2. The van der Waals surface area contributed by atoms with Gasteiger partial charge in [0.25, 0.3) is 0 Å². The maximum absolute atomic E-state index is 14.5. The van der Waals surface area contributed by atoms with Crippen LogP contribution in [0.2, 0.25) is 0 Å². The zero-order valence-electron chi connectivity index (χ0n) is 17.7. The number of nitrogens with zero attached hydrogens (tertiary/aromatic N) is 3. The van der Waals surface area contributed by atoms with E-state index in [4.69, 9.17) is 10.7 Å². The second-order valence-electron chi connectivity index (χ2n) is 8.62. The highest BCUT2D eigenvalue weighted by atomic mass is 19.1. The molecular formula is C26H24FN5. The lowest BCUT2D eigenvalue weighted by molar-refractivity contribution is 0.428. The van der Waals surface area contributed by atoms with Crippen molar-refractivity contribution < 1.29 is 4.39 Å². The number of nitrogens with one attached hydrogen (secondary N) is 1. The molecule has 0 unspecified atom stereocenters. The van der Waals surface area contributed by atoms with Crippen LogP contribution in [0.3, 0.4) is 0 Å². The van der Waals surface area contributed by atoms with Gasteiger partial charge in [0, 0.05) is 34.8 Å². The number of H-pyrrole nitrogens is 1. The smallest absolute Gasteiger partial charge is 0.150 e. The molecule has 160 valence electrons. The van der Waals surface area contributed by atoms with Crippen molar-refractivity contribution in [1.82, 2.24) is 19.4 Å². The molecule has 1 fully saturated rings. The molecule has 0 aliphatic heterocycles. The van der Waals surface area contributed by atoms with E-state index in [1.165, 1.54) is 25.3 Å². The first kappa shape index (κ1) is 19.0. The topological polar surface area (TPSA) is 72.0 Å². The number of aromatic amines is 1. The molecule has 0 atom stereocenters. The van der Waals surface area contributed by atoms with Crippen LogP contribution in [0.5, 0.6) is 0 Å². The molecule has 3 aromatic heterocycles. The van der Waals surface area contributed by atoms with E-state index < -0.39 is 0 Å². The van der Waals surface area contributed by atoms with Crippen molar-refractivity contribution in [2.24, 2.45) is 0 Å². The summed E-state index contributed by atoms with van der Waals surface area (Å²) in [5, 5.41) is 1.00. The first-order chi connectivity index (χ1) is 15.7. The van der Waals surface area contributed by atoms with Crippen LogP contribution in [0.1, 0.15) is 43.8 Å². The molecule has 1 aliphatic carbocycles. The summed E-state index contributed by atoms with van der Waals surface area (Å²) in [6.45, 7) is 0. The molecule has 6 heteroatoms. The third-order valence-corrected chi connectivity index (χ3v) is 6.66. The van der Waals surface area contributed by atoms with E-state index in [0.29, 0.717) is 17.3 Å². The molecular weight excluding hydrogens is 401 g/mol. The Kier molecular flexibility index (Phi) is 4.45. The Hall–Kier alpha value is -3.67. The molecule has 3 N–H and O–H groups in total. The van der Waals surface area contributed by atoms with Gasteiger partial charge in [-0.3, -0.25) is 4.40 Å². The summed E-state index contributed by atoms with van der Waals surface area (Å²) < 4.78 is 16.7. The quantitative estimate of drug-likeness (QED) is 0.356. The summed E-state index contributed by atoms with van der Waals surface area (Å²) in [4.78, 5) is 12.9. The van der Waals surface area contributed by atoms with E-state index in [2.05, 4.69) is 20.4 Å². The minimum Gasteiger partial charge on any atom is -0.382 e. The van der Waals surface area contributed by atoms with Crippen LogP contribution < -0.4 is 5.73 Å². The lowest BCUT2D eigenvalue weighted by Gasteiger charge is -2.20. The summed E-state index contributed by atoms with van der Waals surface area (Å²) in [5.41, 5.74) is 11.1. The standard InChI is InChI=1S/C26H24FN5/c27-20-12-5-4-10-18(20)19-11-6-9-17-15-21(30-22(17)19)23-24-25(28)29-13-14-32(24)26(31-23)16-7-2-1-3-8-16/h4-6,9-16,30H,1-3,7-8H2,(H2,28,29). The Labute approximate surface area is 185 Å². The largest absolute Gasteiger partial charge is 0.382 e. The van der Waals surface area contributed by atoms with Gasteiger partial charge in [0.1, 0.15) is 28.7 Å². The molecule has 1 saturated carbocycles. The van der Waals surface area contributed by atoms with Crippen LogP contribution in [0.4, 0.5) is 10.2 Å². The van der Waals surface area contributed by atoms with Gasteiger partial charge in [0.2, 0.25) is 0 Å². The summed E-state index contributed by atoms with van der Waals surface area (Å²) in [6.07, 6.45) is 9.73. The van der Waals surface area contributed by atoms with Crippen molar-refractivity contribution in [1.29, 1.82) is 0 Å². The summed E-state index contributed by atoms with van der Waals surface area (Å²) in [5.74, 6) is 1.70. The number of hydrogen-bond donors (Lipinski definition) is 2. The van der Waals surface area contributed by atoms with Crippen molar-refractivity contribution in [3.8, 4) is 22.5 Å². The number of fused-ring (bicyclic) bond motifs is 2. The molecule has 0 radical (unpaired) electrons. The predicted molar refractivity (Wildman–Crippen MR) is 126 cm³/mol. The monoisotopic (exact) mass is 425 g/mol. The van der Waals surface area contributed by atoms with Gasteiger partial charge in [0.05, 0.1) is 11.2 Å².